The van der Waals surface area contributed by atoms with Crippen LogP contribution in [-0.4, -0.2) is 45.8 Å². The molecule has 3 heterocycles. The Kier molecular flexibility index (Phi) is 4.89. The van der Waals surface area contributed by atoms with Crippen LogP contribution in [0.2, 0.25) is 0 Å². The van der Waals surface area contributed by atoms with Crippen LogP contribution in [0.3, 0.4) is 0 Å². The highest BCUT2D eigenvalue weighted by Gasteiger charge is 2.31. The second kappa shape index (κ2) is 6.93. The summed E-state index contributed by atoms with van der Waals surface area (Å²) >= 11 is 1.71. The number of hydrogen-bond acceptors (Lipinski definition) is 5. The summed E-state index contributed by atoms with van der Waals surface area (Å²) in [4.78, 5) is 19.7. The number of aryl methyl sites for hydroxylation is 3. The van der Waals surface area contributed by atoms with Crippen molar-refractivity contribution in [3.8, 4) is 5.88 Å². The van der Waals surface area contributed by atoms with Gasteiger partial charge in [0.05, 0.1) is 23.5 Å². The molecule has 3 rings (SSSR count). The first-order valence-corrected chi connectivity index (χ1v) is 9.24. The van der Waals surface area contributed by atoms with Gasteiger partial charge in [-0.3, -0.25) is 4.79 Å². The molecule has 6 nitrogen and oxygen atoms in total. The smallest absolute Gasteiger partial charge is 0.261 e. The van der Waals surface area contributed by atoms with Gasteiger partial charge in [0.25, 0.3) is 5.91 Å². The van der Waals surface area contributed by atoms with Crippen LogP contribution in [0.5, 0.6) is 5.88 Å². The van der Waals surface area contributed by atoms with E-state index in [1.807, 2.05) is 11.8 Å². The molecule has 0 aromatic carbocycles. The van der Waals surface area contributed by atoms with Gasteiger partial charge in [-0.05, 0) is 26.2 Å². The van der Waals surface area contributed by atoms with E-state index in [0.717, 1.165) is 36.5 Å². The predicted molar refractivity (Wildman–Crippen MR) is 93.9 cm³/mol. The van der Waals surface area contributed by atoms with E-state index < -0.39 is 0 Å². The normalized spacial score (nSPS) is 18.0. The largest absolute Gasteiger partial charge is 0.481 e. The van der Waals surface area contributed by atoms with Crippen LogP contribution in [0.25, 0.3) is 0 Å². The van der Waals surface area contributed by atoms with Crippen molar-refractivity contribution in [1.29, 1.82) is 0 Å². The molecule has 0 spiro atoms. The number of piperidine rings is 1. The Morgan fingerprint density at radius 3 is 2.96 bits per heavy atom. The SMILES string of the molecule is CCc1csc(C2CCCN(C(=O)c3c(C)nn(C)c3OC)C2)n1. The van der Waals surface area contributed by atoms with Gasteiger partial charge >= 0.3 is 0 Å². The molecular formula is C17H24N4O2S. The van der Waals surface area contributed by atoms with Gasteiger partial charge in [-0.25, -0.2) is 9.67 Å². The number of carbonyl (C=O) groups excluding carboxylic acids is 1. The Morgan fingerprint density at radius 2 is 2.29 bits per heavy atom. The van der Waals surface area contributed by atoms with Crippen LogP contribution in [0.15, 0.2) is 5.38 Å². The van der Waals surface area contributed by atoms with Gasteiger partial charge in [-0.15, -0.1) is 11.3 Å². The van der Waals surface area contributed by atoms with Crippen LogP contribution in [0, 0.1) is 6.92 Å². The second-order valence-electron chi connectivity index (χ2n) is 6.21. The van der Waals surface area contributed by atoms with E-state index >= 15 is 0 Å². The quantitative estimate of drug-likeness (QED) is 0.852. The third kappa shape index (κ3) is 3.05. The van der Waals surface area contributed by atoms with Gasteiger partial charge in [-0.2, -0.15) is 5.10 Å². The van der Waals surface area contributed by atoms with Crippen molar-refractivity contribution in [2.24, 2.45) is 7.05 Å². The third-order valence-electron chi connectivity index (χ3n) is 4.57. The molecule has 2 aromatic heterocycles. The highest BCUT2D eigenvalue weighted by atomic mass is 32.1. The minimum Gasteiger partial charge on any atom is -0.481 e. The number of thiazole rings is 1. The van der Waals surface area contributed by atoms with E-state index in [1.165, 1.54) is 0 Å². The van der Waals surface area contributed by atoms with Gasteiger partial charge in [0, 0.05) is 31.4 Å². The molecule has 1 unspecified atom stereocenters. The second-order valence-corrected chi connectivity index (χ2v) is 7.10. The van der Waals surface area contributed by atoms with Crippen molar-refractivity contribution in [2.45, 2.75) is 39.0 Å². The van der Waals surface area contributed by atoms with E-state index in [0.29, 0.717) is 29.6 Å². The monoisotopic (exact) mass is 348 g/mol. The first-order valence-electron chi connectivity index (χ1n) is 8.36. The maximum atomic E-state index is 13.0. The molecule has 0 aliphatic carbocycles. The van der Waals surface area contributed by atoms with Crippen molar-refractivity contribution in [3.63, 3.8) is 0 Å². The average molecular weight is 348 g/mol. The molecule has 1 aliphatic heterocycles. The first kappa shape index (κ1) is 17.0. The van der Waals surface area contributed by atoms with Crippen LogP contribution in [-0.2, 0) is 13.5 Å². The molecule has 130 valence electrons. The third-order valence-corrected chi connectivity index (χ3v) is 5.62. The summed E-state index contributed by atoms with van der Waals surface area (Å²) in [5.41, 5.74) is 2.43. The Morgan fingerprint density at radius 1 is 1.50 bits per heavy atom. The zero-order valence-electron chi connectivity index (χ0n) is 14.7. The number of likely N-dealkylation sites (tertiary alicyclic amines) is 1. The lowest BCUT2D eigenvalue weighted by Crippen LogP contribution is -2.39. The fourth-order valence-electron chi connectivity index (χ4n) is 3.31. The lowest BCUT2D eigenvalue weighted by atomic mass is 9.98. The molecule has 0 N–H and O–H groups in total. The molecule has 1 fully saturated rings. The minimum atomic E-state index is 0.00872. The molecule has 1 aliphatic rings. The number of rotatable bonds is 4. The Hall–Kier alpha value is -1.89. The average Bonchev–Trinajstić information content (AvgIpc) is 3.18. The standard InChI is InChI=1S/C17H24N4O2S/c1-5-13-10-24-15(18-13)12-7-6-8-21(9-12)16(22)14-11(2)19-20(3)17(14)23-4/h10,12H,5-9H2,1-4H3. The highest BCUT2D eigenvalue weighted by Crippen LogP contribution is 2.31. The molecule has 0 radical (unpaired) electrons. The number of hydrogen-bond donors (Lipinski definition) is 0. The molecule has 1 atom stereocenters. The molecule has 2 aromatic rings. The number of nitrogens with zero attached hydrogens (tertiary/aromatic N) is 4. The Labute approximate surface area is 146 Å². The number of ether oxygens (including phenoxy) is 1. The van der Waals surface area contributed by atoms with Crippen LogP contribution in [0.4, 0.5) is 0 Å². The molecule has 24 heavy (non-hydrogen) atoms. The van der Waals surface area contributed by atoms with E-state index in [9.17, 15) is 4.79 Å². The van der Waals surface area contributed by atoms with Crippen LogP contribution < -0.4 is 4.74 Å². The molecule has 0 saturated carbocycles. The van der Waals surface area contributed by atoms with Gasteiger partial charge in [0.2, 0.25) is 5.88 Å². The van der Waals surface area contributed by atoms with E-state index in [-0.39, 0.29) is 5.91 Å². The molecule has 1 amide bonds. The fourth-order valence-corrected chi connectivity index (χ4v) is 4.34. The van der Waals surface area contributed by atoms with Crippen molar-refractivity contribution in [3.05, 3.63) is 27.3 Å². The van der Waals surface area contributed by atoms with Crippen LogP contribution >= 0.6 is 11.3 Å². The maximum absolute atomic E-state index is 13.0. The Balaban J connectivity index is 1.81. The number of amides is 1. The van der Waals surface area contributed by atoms with Crippen LogP contribution in [0.1, 0.15) is 52.4 Å². The van der Waals surface area contributed by atoms with Gasteiger partial charge in [0.1, 0.15) is 5.56 Å². The summed E-state index contributed by atoms with van der Waals surface area (Å²) in [5.74, 6) is 0.868. The molecule has 1 saturated heterocycles. The zero-order chi connectivity index (χ0) is 17.3. The summed E-state index contributed by atoms with van der Waals surface area (Å²) in [6.07, 6.45) is 3.04. The lowest BCUT2D eigenvalue weighted by molar-refractivity contribution is 0.0702. The highest BCUT2D eigenvalue weighted by molar-refractivity contribution is 7.09. The molecule has 7 heteroatoms. The van der Waals surface area contributed by atoms with Gasteiger partial charge in [0.15, 0.2) is 0 Å². The van der Waals surface area contributed by atoms with Crippen molar-refractivity contribution in [2.75, 3.05) is 20.2 Å². The molecular weight excluding hydrogens is 324 g/mol. The van der Waals surface area contributed by atoms with E-state index in [2.05, 4.69) is 17.4 Å². The molecule has 0 bridgehead atoms. The summed E-state index contributed by atoms with van der Waals surface area (Å²) in [5, 5.41) is 7.60. The number of aromatic nitrogens is 3. The summed E-state index contributed by atoms with van der Waals surface area (Å²) in [6.45, 7) is 5.46. The van der Waals surface area contributed by atoms with Crippen molar-refractivity contribution < 1.29 is 9.53 Å². The van der Waals surface area contributed by atoms with Gasteiger partial charge in [-0.1, -0.05) is 6.92 Å². The van der Waals surface area contributed by atoms with Crippen molar-refractivity contribution >= 4 is 17.2 Å². The van der Waals surface area contributed by atoms with Crippen molar-refractivity contribution in [1.82, 2.24) is 19.7 Å². The zero-order valence-corrected chi connectivity index (χ0v) is 15.5. The maximum Gasteiger partial charge on any atom is 0.261 e. The minimum absolute atomic E-state index is 0.00872. The van der Waals surface area contributed by atoms with E-state index in [4.69, 9.17) is 9.72 Å². The Bertz CT molecular complexity index is 737. The fraction of sp³-hybridized carbons (Fsp3) is 0.588. The number of carbonyl (C=O) groups is 1. The topological polar surface area (TPSA) is 60.2 Å². The summed E-state index contributed by atoms with van der Waals surface area (Å²) in [7, 11) is 3.37. The lowest BCUT2D eigenvalue weighted by Gasteiger charge is -2.32. The summed E-state index contributed by atoms with van der Waals surface area (Å²) in [6, 6.07) is 0. The predicted octanol–water partition coefficient (Wildman–Crippen LogP) is 2.78. The first-order chi connectivity index (χ1) is 11.5. The van der Waals surface area contributed by atoms with E-state index in [1.54, 1.807) is 30.2 Å². The number of methoxy groups -OCH3 is 1. The van der Waals surface area contributed by atoms with Gasteiger partial charge < -0.3 is 9.64 Å². The summed E-state index contributed by atoms with van der Waals surface area (Å²) < 4.78 is 7.00.